The zero-order valence-corrected chi connectivity index (χ0v) is 15.6. The number of carbonyl (C=O) groups is 1. The smallest absolute Gasteiger partial charge is 0.324 e. The van der Waals surface area contributed by atoms with Crippen molar-refractivity contribution in [3.05, 3.63) is 36.5 Å². The molecule has 1 saturated heterocycles. The first-order valence-electron chi connectivity index (χ1n) is 9.10. The second-order valence-electron chi connectivity index (χ2n) is 6.79. The number of aryl methyl sites for hydroxylation is 1. The minimum absolute atomic E-state index is 0.0416. The average Bonchev–Trinajstić information content (AvgIpc) is 3.13. The zero-order chi connectivity index (χ0) is 19.7. The highest BCUT2D eigenvalue weighted by atomic mass is 19.1. The molecule has 2 atom stereocenters. The van der Waals surface area contributed by atoms with Gasteiger partial charge in [-0.2, -0.15) is 0 Å². The van der Waals surface area contributed by atoms with E-state index in [1.54, 1.807) is 26.4 Å². The minimum atomic E-state index is -1.10. The van der Waals surface area contributed by atoms with Crippen molar-refractivity contribution >= 4 is 22.9 Å². The van der Waals surface area contributed by atoms with E-state index >= 15 is 0 Å². The van der Waals surface area contributed by atoms with E-state index in [4.69, 9.17) is 4.42 Å². The quantitative estimate of drug-likeness (QED) is 0.721. The van der Waals surface area contributed by atoms with Crippen molar-refractivity contribution in [2.24, 2.45) is 0 Å². The molecule has 0 saturated carbocycles. The summed E-state index contributed by atoms with van der Waals surface area (Å²) in [5.74, 6) is 1.40. The van der Waals surface area contributed by atoms with E-state index in [1.807, 2.05) is 18.2 Å². The number of alkyl halides is 1. The summed E-state index contributed by atoms with van der Waals surface area (Å²) in [6.07, 6.45) is 2.75. The number of rotatable bonds is 3. The van der Waals surface area contributed by atoms with Gasteiger partial charge >= 0.3 is 6.03 Å². The van der Waals surface area contributed by atoms with Crippen molar-refractivity contribution in [3.63, 3.8) is 0 Å². The molecule has 3 heterocycles. The highest BCUT2D eigenvalue weighted by molar-refractivity contribution is 5.89. The summed E-state index contributed by atoms with van der Waals surface area (Å²) in [7, 11) is 1.73. The molecule has 28 heavy (non-hydrogen) atoms. The molecule has 1 fully saturated rings. The summed E-state index contributed by atoms with van der Waals surface area (Å²) in [6.45, 7) is 2.29. The van der Waals surface area contributed by atoms with E-state index in [0.29, 0.717) is 30.1 Å². The van der Waals surface area contributed by atoms with Crippen LogP contribution in [-0.2, 0) is 0 Å². The molecule has 4 rings (SSSR count). The third kappa shape index (κ3) is 3.65. The second kappa shape index (κ2) is 7.51. The first-order valence-corrected chi connectivity index (χ1v) is 9.10. The van der Waals surface area contributed by atoms with E-state index in [2.05, 4.69) is 25.6 Å². The van der Waals surface area contributed by atoms with Crippen LogP contribution in [0.2, 0.25) is 0 Å². The highest BCUT2D eigenvalue weighted by Gasteiger charge is 2.30. The topological polar surface area (TPSA) is 96.2 Å². The summed E-state index contributed by atoms with van der Waals surface area (Å²) >= 11 is 0. The fourth-order valence-electron chi connectivity index (χ4n) is 3.32. The molecule has 2 aromatic heterocycles. The molecule has 0 radical (unpaired) electrons. The number of hydrogen-bond acceptors (Lipinski definition) is 6. The Bertz CT molecular complexity index is 1010. The number of anilines is 1. The normalized spacial score (nSPS) is 19.8. The van der Waals surface area contributed by atoms with Crippen LogP contribution in [0.25, 0.3) is 22.2 Å². The Hall–Kier alpha value is -3.07. The van der Waals surface area contributed by atoms with Gasteiger partial charge in [0.05, 0.1) is 18.3 Å². The molecule has 8 nitrogen and oxygen atoms in total. The predicted octanol–water partition coefficient (Wildman–Crippen LogP) is 2.76. The van der Waals surface area contributed by atoms with Crippen LogP contribution in [0.3, 0.4) is 0 Å². The van der Waals surface area contributed by atoms with Crippen molar-refractivity contribution in [2.75, 3.05) is 25.5 Å². The van der Waals surface area contributed by atoms with Gasteiger partial charge in [-0.3, -0.25) is 5.32 Å². The molecule has 2 amide bonds. The third-order valence-corrected chi connectivity index (χ3v) is 4.91. The molecule has 0 bridgehead atoms. The number of likely N-dealkylation sites (tertiary alicyclic amines) is 1. The number of nitrogens with zero attached hydrogens (tertiary/aromatic N) is 4. The van der Waals surface area contributed by atoms with Crippen LogP contribution in [-0.4, -0.2) is 58.2 Å². The predicted molar refractivity (Wildman–Crippen MR) is 103 cm³/mol. The molecule has 1 aliphatic rings. The van der Waals surface area contributed by atoms with Gasteiger partial charge < -0.3 is 14.6 Å². The van der Waals surface area contributed by atoms with Gasteiger partial charge in [0.2, 0.25) is 5.95 Å². The molecule has 1 aromatic carbocycles. The maximum atomic E-state index is 14.1. The lowest BCUT2D eigenvalue weighted by molar-refractivity contribution is 0.126. The number of fused-ring (bicyclic) bond motifs is 1. The minimum Gasteiger partial charge on any atom is -0.441 e. The molecule has 146 valence electrons. The maximum absolute atomic E-state index is 14.1. The number of benzene rings is 1. The number of piperidine rings is 1. The van der Waals surface area contributed by atoms with Crippen molar-refractivity contribution in [2.45, 2.75) is 25.6 Å². The van der Waals surface area contributed by atoms with Crippen LogP contribution in [0.5, 0.6) is 0 Å². The number of halogens is 1. The number of nitrogens with one attached hydrogen (secondary N) is 2. The van der Waals surface area contributed by atoms with E-state index in [0.717, 1.165) is 10.9 Å². The Morgan fingerprint density at radius 1 is 1.32 bits per heavy atom. The van der Waals surface area contributed by atoms with Gasteiger partial charge in [0.15, 0.2) is 11.7 Å². The summed E-state index contributed by atoms with van der Waals surface area (Å²) in [6, 6.07) is 5.00. The van der Waals surface area contributed by atoms with Crippen LogP contribution in [0.15, 0.2) is 35.0 Å². The molecule has 0 aliphatic carbocycles. The highest BCUT2D eigenvalue weighted by Crippen LogP contribution is 2.24. The number of hydrogen-bond donors (Lipinski definition) is 2. The molecule has 0 spiro atoms. The summed E-state index contributed by atoms with van der Waals surface area (Å²) in [4.78, 5) is 26.6. The Morgan fingerprint density at radius 3 is 2.89 bits per heavy atom. The van der Waals surface area contributed by atoms with E-state index < -0.39 is 12.2 Å². The Labute approximate surface area is 161 Å². The second-order valence-corrected chi connectivity index (χ2v) is 6.79. The first-order chi connectivity index (χ1) is 13.5. The lowest BCUT2D eigenvalue weighted by Crippen LogP contribution is -2.52. The summed E-state index contributed by atoms with van der Waals surface area (Å²) in [5, 5.41) is 6.43. The monoisotopic (exact) mass is 384 g/mol. The van der Waals surface area contributed by atoms with Crippen LogP contribution in [0, 0.1) is 6.92 Å². The van der Waals surface area contributed by atoms with Crippen LogP contribution in [0.1, 0.15) is 12.3 Å². The van der Waals surface area contributed by atoms with Gasteiger partial charge in [-0.1, -0.05) is 12.1 Å². The Balaban J connectivity index is 1.51. The number of urea groups is 1. The lowest BCUT2D eigenvalue weighted by Gasteiger charge is -2.34. The van der Waals surface area contributed by atoms with Crippen molar-refractivity contribution in [1.82, 2.24) is 25.2 Å². The van der Waals surface area contributed by atoms with E-state index in [9.17, 15) is 9.18 Å². The molecule has 0 unspecified atom stereocenters. The van der Waals surface area contributed by atoms with E-state index in [1.165, 1.54) is 4.90 Å². The molecule has 3 aromatic rings. The van der Waals surface area contributed by atoms with Gasteiger partial charge in [0.25, 0.3) is 0 Å². The van der Waals surface area contributed by atoms with E-state index in [-0.39, 0.29) is 18.5 Å². The molecular formula is C19H21FN6O2. The Morgan fingerprint density at radius 2 is 2.18 bits per heavy atom. The van der Waals surface area contributed by atoms with Crippen LogP contribution in [0.4, 0.5) is 15.1 Å². The van der Waals surface area contributed by atoms with Gasteiger partial charge in [-0.05, 0) is 19.5 Å². The summed E-state index contributed by atoms with van der Waals surface area (Å²) in [5.41, 5.74) is 1.49. The zero-order valence-electron chi connectivity index (χ0n) is 15.6. The summed E-state index contributed by atoms with van der Waals surface area (Å²) < 4.78 is 19.6. The van der Waals surface area contributed by atoms with Crippen molar-refractivity contribution in [3.8, 4) is 11.3 Å². The van der Waals surface area contributed by atoms with Crippen molar-refractivity contribution < 1.29 is 13.6 Å². The molecule has 1 aliphatic heterocycles. The van der Waals surface area contributed by atoms with Gasteiger partial charge in [-0.15, -0.1) is 0 Å². The largest absolute Gasteiger partial charge is 0.441 e. The average molecular weight is 384 g/mol. The standard InChI is InChI=1S/C19H21FN6O2/c1-11-22-9-17(28-11)12-3-4-13-8-23-18(24-16(13)7-12)25-19(27)26-6-5-15(21-2)14(20)10-26/h3-4,7-9,14-15,21H,5-6,10H2,1-2H3,(H,23,24,25,27)/t14-,15-/m0/s1. The molecule has 9 heteroatoms. The third-order valence-electron chi connectivity index (χ3n) is 4.91. The van der Waals surface area contributed by atoms with Crippen molar-refractivity contribution in [1.29, 1.82) is 0 Å². The number of oxazole rings is 1. The van der Waals surface area contributed by atoms with Gasteiger partial charge in [0.1, 0.15) is 6.17 Å². The fourth-order valence-corrected chi connectivity index (χ4v) is 3.32. The van der Waals surface area contributed by atoms with Gasteiger partial charge in [-0.25, -0.2) is 24.1 Å². The van der Waals surface area contributed by atoms with Gasteiger partial charge in [0, 0.05) is 36.7 Å². The number of carbonyl (C=O) groups excluding carboxylic acids is 1. The SMILES string of the molecule is CN[C@H]1CCN(C(=O)Nc2ncc3ccc(-c4cnc(C)o4)cc3n2)C[C@@H]1F. The molecule has 2 N–H and O–H groups in total. The van der Waals surface area contributed by atoms with Crippen LogP contribution >= 0.6 is 0 Å². The number of aromatic nitrogens is 3. The molecular weight excluding hydrogens is 363 g/mol. The number of amides is 2. The van der Waals surface area contributed by atoms with Crippen LogP contribution < -0.4 is 10.6 Å². The lowest BCUT2D eigenvalue weighted by atomic mass is 10.0. The first kappa shape index (κ1) is 18.3. The maximum Gasteiger partial charge on any atom is 0.324 e. The fraction of sp³-hybridized carbons (Fsp3) is 0.368. The Kier molecular flexibility index (Phi) is 4.91.